The Balaban J connectivity index is 1.83. The summed E-state index contributed by atoms with van der Waals surface area (Å²) in [6.45, 7) is 0. The summed E-state index contributed by atoms with van der Waals surface area (Å²) in [5, 5.41) is 4.74. The Labute approximate surface area is 165 Å². The molecule has 0 bridgehead atoms. The Morgan fingerprint density at radius 2 is 2.07 bits per heavy atom. The van der Waals surface area contributed by atoms with Crippen LogP contribution in [0.4, 0.5) is 18.3 Å². The number of carbonyl (C=O) groups excluding carboxylic acids is 1. The van der Waals surface area contributed by atoms with Crippen molar-refractivity contribution in [2.45, 2.75) is 6.43 Å². The third-order valence-electron chi connectivity index (χ3n) is 3.96. The number of hydrogen-bond acceptors (Lipinski definition) is 4. The number of amides is 1. The van der Waals surface area contributed by atoms with E-state index in [-0.39, 0.29) is 38.6 Å². The zero-order valence-corrected chi connectivity index (χ0v) is 15.4. The molecule has 28 heavy (non-hydrogen) atoms. The van der Waals surface area contributed by atoms with Crippen molar-refractivity contribution in [3.05, 3.63) is 63.9 Å². The van der Waals surface area contributed by atoms with Gasteiger partial charge < -0.3 is 4.98 Å². The summed E-state index contributed by atoms with van der Waals surface area (Å²) in [5.74, 6) is -1.20. The number of carbonyl (C=O) groups is 1. The van der Waals surface area contributed by atoms with Crippen LogP contribution < -0.4 is 5.32 Å². The highest BCUT2D eigenvalue weighted by Gasteiger charge is 2.21. The molecule has 142 valence electrons. The van der Waals surface area contributed by atoms with Crippen molar-refractivity contribution >= 4 is 45.0 Å². The van der Waals surface area contributed by atoms with E-state index in [2.05, 4.69) is 20.3 Å². The van der Waals surface area contributed by atoms with Crippen molar-refractivity contribution in [1.82, 2.24) is 15.0 Å². The summed E-state index contributed by atoms with van der Waals surface area (Å²) in [4.78, 5) is 23.5. The molecule has 0 radical (unpaired) electrons. The summed E-state index contributed by atoms with van der Waals surface area (Å²) in [7, 11) is 0. The maximum absolute atomic E-state index is 14.0. The molecule has 4 rings (SSSR count). The first-order valence-corrected chi connectivity index (χ1v) is 9.16. The monoisotopic (exact) mass is 422 g/mol. The van der Waals surface area contributed by atoms with E-state index in [0.717, 1.165) is 18.2 Å². The van der Waals surface area contributed by atoms with Crippen molar-refractivity contribution in [2.75, 3.05) is 5.32 Å². The molecule has 5 nitrogen and oxygen atoms in total. The topological polar surface area (TPSA) is 70.7 Å². The number of nitrogens with zero attached hydrogens (tertiary/aromatic N) is 2. The van der Waals surface area contributed by atoms with Gasteiger partial charge in [0.05, 0.1) is 16.6 Å². The summed E-state index contributed by atoms with van der Waals surface area (Å²) in [5.41, 5.74) is 0.134. The Hall–Kier alpha value is -2.91. The second-order valence-corrected chi connectivity index (χ2v) is 7.09. The second kappa shape index (κ2) is 7.25. The molecule has 2 aromatic carbocycles. The number of rotatable bonds is 4. The molecule has 4 aromatic rings. The summed E-state index contributed by atoms with van der Waals surface area (Å²) < 4.78 is 40.8. The maximum atomic E-state index is 14.0. The van der Waals surface area contributed by atoms with Gasteiger partial charge in [-0.2, -0.15) is 0 Å². The fraction of sp³-hybridized carbons (Fsp3) is 0.0556. The van der Waals surface area contributed by atoms with Crippen LogP contribution >= 0.6 is 22.9 Å². The van der Waals surface area contributed by atoms with Crippen molar-refractivity contribution in [2.24, 2.45) is 0 Å². The minimum Gasteiger partial charge on any atom is -0.337 e. The molecule has 0 aliphatic carbocycles. The molecule has 0 aliphatic rings. The molecule has 2 heterocycles. The first-order chi connectivity index (χ1) is 13.4. The molecule has 0 spiro atoms. The van der Waals surface area contributed by atoms with Crippen LogP contribution in [0.2, 0.25) is 5.02 Å². The van der Waals surface area contributed by atoms with Gasteiger partial charge in [0.1, 0.15) is 11.6 Å². The minimum atomic E-state index is -2.79. The number of halogens is 4. The van der Waals surface area contributed by atoms with Gasteiger partial charge in [0, 0.05) is 33.8 Å². The number of hydrogen-bond donors (Lipinski definition) is 2. The normalized spacial score (nSPS) is 11.3. The fourth-order valence-corrected chi connectivity index (χ4v) is 3.47. The highest BCUT2D eigenvalue weighted by atomic mass is 35.5. The van der Waals surface area contributed by atoms with Gasteiger partial charge in [-0.1, -0.05) is 11.6 Å². The zero-order chi connectivity index (χ0) is 19.8. The van der Waals surface area contributed by atoms with Crippen molar-refractivity contribution in [1.29, 1.82) is 0 Å². The van der Waals surface area contributed by atoms with E-state index in [0.29, 0.717) is 5.13 Å². The number of nitrogens with one attached hydrogen (secondary N) is 2. The number of fused-ring (bicyclic) bond motifs is 1. The van der Waals surface area contributed by atoms with Gasteiger partial charge in [-0.25, -0.2) is 23.1 Å². The lowest BCUT2D eigenvalue weighted by Gasteiger charge is -2.07. The number of H-pyrrole nitrogens is 1. The van der Waals surface area contributed by atoms with Crippen LogP contribution in [0.15, 0.2) is 41.9 Å². The van der Waals surface area contributed by atoms with Gasteiger partial charge in [-0.15, -0.1) is 11.3 Å². The molecule has 0 unspecified atom stereocenters. The minimum absolute atomic E-state index is 0.0171. The molecule has 1 amide bonds. The average Bonchev–Trinajstić information content (AvgIpc) is 3.30. The van der Waals surface area contributed by atoms with Gasteiger partial charge in [-0.05, 0) is 24.3 Å². The van der Waals surface area contributed by atoms with E-state index in [9.17, 15) is 18.0 Å². The second-order valence-electron chi connectivity index (χ2n) is 5.76. The SMILES string of the molecule is O=C(Nc1nccs1)c1cc(F)cc2nc(-c3ccc(Cl)cc3C(F)F)[nH]c12. The van der Waals surface area contributed by atoms with E-state index in [1.54, 1.807) is 5.38 Å². The maximum Gasteiger partial charge on any atom is 0.264 e. The molecule has 2 N–H and O–H groups in total. The number of thiazole rings is 1. The standard InChI is InChI=1S/C18H10ClF3N4OS/c19-8-1-2-10(11(5-8)15(21)22)16-24-13-7-9(20)6-12(14(13)25-16)17(27)26-18-23-3-4-28-18/h1-7,15H,(H,24,25)(H,23,26,27). The Bertz CT molecular complexity index is 1180. The van der Waals surface area contributed by atoms with Crippen LogP contribution in [0.5, 0.6) is 0 Å². The zero-order valence-electron chi connectivity index (χ0n) is 13.8. The predicted octanol–water partition coefficient (Wildman–Crippen LogP) is 5.67. The van der Waals surface area contributed by atoms with E-state index in [1.165, 1.54) is 29.7 Å². The first kappa shape index (κ1) is 18.5. The smallest absolute Gasteiger partial charge is 0.264 e. The fourth-order valence-electron chi connectivity index (χ4n) is 2.76. The molecule has 10 heteroatoms. The summed E-state index contributed by atoms with van der Waals surface area (Å²) in [6, 6.07) is 6.15. The number of anilines is 1. The molecule has 0 atom stereocenters. The van der Waals surface area contributed by atoms with E-state index in [1.807, 2.05) is 0 Å². The number of alkyl halides is 2. The molecule has 0 fully saturated rings. The third-order valence-corrected chi connectivity index (χ3v) is 4.88. The molecule has 0 saturated heterocycles. The largest absolute Gasteiger partial charge is 0.337 e. The van der Waals surface area contributed by atoms with Crippen molar-refractivity contribution < 1.29 is 18.0 Å². The van der Waals surface area contributed by atoms with Crippen LogP contribution in [0.1, 0.15) is 22.3 Å². The van der Waals surface area contributed by atoms with Crippen molar-refractivity contribution in [3.8, 4) is 11.4 Å². The Morgan fingerprint density at radius 1 is 1.25 bits per heavy atom. The van der Waals surface area contributed by atoms with Gasteiger partial charge in [0.25, 0.3) is 12.3 Å². The summed E-state index contributed by atoms with van der Waals surface area (Å²) in [6.07, 6.45) is -1.27. The van der Waals surface area contributed by atoms with E-state index in [4.69, 9.17) is 11.6 Å². The Kier molecular flexibility index (Phi) is 4.78. The van der Waals surface area contributed by atoms with Gasteiger partial charge >= 0.3 is 0 Å². The van der Waals surface area contributed by atoms with Crippen molar-refractivity contribution in [3.63, 3.8) is 0 Å². The van der Waals surface area contributed by atoms with Gasteiger partial charge in [0.2, 0.25) is 0 Å². The lowest BCUT2D eigenvalue weighted by Crippen LogP contribution is -2.12. The van der Waals surface area contributed by atoms with Crippen LogP contribution in [-0.2, 0) is 0 Å². The molecule has 0 aliphatic heterocycles. The number of aromatic nitrogens is 3. The quantitative estimate of drug-likeness (QED) is 0.445. The van der Waals surface area contributed by atoms with Crippen LogP contribution in [0.25, 0.3) is 22.4 Å². The number of benzene rings is 2. The molecule has 2 aromatic heterocycles. The first-order valence-electron chi connectivity index (χ1n) is 7.90. The highest BCUT2D eigenvalue weighted by molar-refractivity contribution is 7.13. The van der Waals surface area contributed by atoms with Crippen LogP contribution in [0.3, 0.4) is 0 Å². The lowest BCUT2D eigenvalue weighted by molar-refractivity contribution is 0.102. The average molecular weight is 423 g/mol. The number of aromatic amines is 1. The van der Waals surface area contributed by atoms with Gasteiger partial charge in [-0.3, -0.25) is 10.1 Å². The molecular formula is C18H10ClF3N4OS. The number of imidazole rings is 1. The highest BCUT2D eigenvalue weighted by Crippen LogP contribution is 2.33. The van der Waals surface area contributed by atoms with Crippen LogP contribution in [0, 0.1) is 5.82 Å². The van der Waals surface area contributed by atoms with E-state index >= 15 is 0 Å². The predicted molar refractivity (Wildman–Crippen MR) is 102 cm³/mol. The lowest BCUT2D eigenvalue weighted by atomic mass is 10.1. The summed E-state index contributed by atoms with van der Waals surface area (Å²) >= 11 is 7.02. The van der Waals surface area contributed by atoms with Gasteiger partial charge in [0.15, 0.2) is 5.13 Å². The molecule has 0 saturated carbocycles. The van der Waals surface area contributed by atoms with Crippen LogP contribution in [-0.4, -0.2) is 20.9 Å². The molecular weight excluding hydrogens is 413 g/mol. The third kappa shape index (κ3) is 3.46. The Morgan fingerprint density at radius 3 is 2.79 bits per heavy atom. The van der Waals surface area contributed by atoms with E-state index < -0.39 is 18.1 Å².